The van der Waals surface area contributed by atoms with Crippen LogP contribution in [0.15, 0.2) is 121 Å². The highest BCUT2D eigenvalue weighted by Crippen LogP contribution is 2.38. The molecule has 0 spiro atoms. The summed E-state index contributed by atoms with van der Waals surface area (Å²) in [5.74, 6) is 0. The number of ether oxygens (including phenoxy) is 4. The van der Waals surface area contributed by atoms with Gasteiger partial charge in [-0.05, 0) is 136 Å². The average Bonchev–Trinajstić information content (AvgIpc) is 3.75. The first-order chi connectivity index (χ1) is 30.2. The van der Waals surface area contributed by atoms with E-state index >= 15 is 0 Å². The molecule has 0 aliphatic heterocycles. The van der Waals surface area contributed by atoms with E-state index in [4.69, 9.17) is 18.9 Å². The Labute approximate surface area is 356 Å². The molecule has 0 aliphatic carbocycles. The second kappa shape index (κ2) is 17.7. The fourth-order valence-corrected chi connectivity index (χ4v) is 7.66. The summed E-state index contributed by atoms with van der Waals surface area (Å²) in [5, 5.41) is 14.6. The Morgan fingerprint density at radius 1 is 0.371 bits per heavy atom. The number of fused-ring (bicyclic) bond motifs is 6. The number of amides is 4. The van der Waals surface area contributed by atoms with E-state index in [0.29, 0.717) is 22.7 Å². The van der Waals surface area contributed by atoms with Crippen molar-refractivity contribution in [3.8, 4) is 22.5 Å². The van der Waals surface area contributed by atoms with Gasteiger partial charge in [-0.25, -0.2) is 19.2 Å². The molecule has 314 valence electrons. The summed E-state index contributed by atoms with van der Waals surface area (Å²) in [4.78, 5) is 49.2. The Morgan fingerprint density at radius 3 is 0.839 bits per heavy atom. The van der Waals surface area contributed by atoms with Crippen molar-refractivity contribution in [2.45, 2.75) is 27.7 Å². The van der Waals surface area contributed by atoms with Gasteiger partial charge in [-0.1, -0.05) is 24.3 Å². The van der Waals surface area contributed by atoms with Gasteiger partial charge in [0, 0.05) is 55.7 Å². The SMILES string of the molecule is CCOC(=O)Nc1ccc2c(c1)c1cc(NC(=O)OCC)ccc1n2-c1ccc(-c2ccc(-n3c4ccc(NC(=O)OCC)cc4c4cc(NC(=O)OCC)ccc43)cc2)cc1. The molecule has 4 N–H and O–H groups in total. The van der Waals surface area contributed by atoms with Crippen molar-refractivity contribution >= 4 is 90.7 Å². The molecule has 8 rings (SSSR count). The maximum atomic E-state index is 12.3. The summed E-state index contributed by atoms with van der Waals surface area (Å²) in [6.45, 7) is 7.98. The largest absolute Gasteiger partial charge is 0.450 e. The summed E-state index contributed by atoms with van der Waals surface area (Å²) in [5.41, 5.74) is 9.76. The Bertz CT molecular complexity index is 2630. The van der Waals surface area contributed by atoms with Crippen LogP contribution in [0.2, 0.25) is 0 Å². The Balaban J connectivity index is 1.14. The van der Waals surface area contributed by atoms with Crippen molar-refractivity contribution in [3.05, 3.63) is 121 Å². The Hall–Kier alpha value is -8.00. The van der Waals surface area contributed by atoms with Gasteiger partial charge in [-0.2, -0.15) is 0 Å². The number of nitrogens with zero attached hydrogens (tertiary/aromatic N) is 2. The molecule has 0 bridgehead atoms. The maximum absolute atomic E-state index is 12.3. The third-order valence-electron chi connectivity index (χ3n) is 10.2. The number of anilines is 4. The highest BCUT2D eigenvalue weighted by molar-refractivity contribution is 6.13. The van der Waals surface area contributed by atoms with Crippen molar-refractivity contribution in [2.75, 3.05) is 47.7 Å². The van der Waals surface area contributed by atoms with Crippen LogP contribution in [0.4, 0.5) is 41.9 Å². The fourth-order valence-electron chi connectivity index (χ4n) is 7.66. The lowest BCUT2D eigenvalue weighted by Crippen LogP contribution is -2.13. The molecule has 14 heteroatoms. The number of aromatic nitrogens is 2. The number of nitrogens with one attached hydrogen (secondary N) is 4. The van der Waals surface area contributed by atoms with E-state index in [0.717, 1.165) is 66.1 Å². The highest BCUT2D eigenvalue weighted by atomic mass is 16.6. The molecule has 0 fully saturated rings. The number of carbonyl (C=O) groups is 4. The van der Waals surface area contributed by atoms with Crippen LogP contribution in [-0.2, 0) is 18.9 Å². The molecule has 8 aromatic rings. The van der Waals surface area contributed by atoms with Crippen LogP contribution < -0.4 is 21.3 Å². The molecule has 2 aromatic heterocycles. The zero-order valence-electron chi connectivity index (χ0n) is 34.5. The smallest absolute Gasteiger partial charge is 0.411 e. The molecule has 4 amide bonds. The van der Waals surface area contributed by atoms with E-state index in [1.165, 1.54) is 0 Å². The first-order valence-electron chi connectivity index (χ1n) is 20.3. The number of carbonyl (C=O) groups excluding carboxylic acids is 4. The topological polar surface area (TPSA) is 163 Å². The fraction of sp³-hybridized carbons (Fsp3) is 0.167. The van der Waals surface area contributed by atoms with E-state index in [2.05, 4.69) is 78.9 Å². The quantitative estimate of drug-likeness (QED) is 0.0936. The van der Waals surface area contributed by atoms with Crippen molar-refractivity contribution in [1.82, 2.24) is 9.13 Å². The third kappa shape index (κ3) is 8.26. The van der Waals surface area contributed by atoms with Gasteiger partial charge in [0.1, 0.15) is 0 Å². The van der Waals surface area contributed by atoms with E-state index in [-0.39, 0.29) is 26.4 Å². The van der Waals surface area contributed by atoms with Crippen LogP contribution in [0.1, 0.15) is 27.7 Å². The van der Waals surface area contributed by atoms with Gasteiger partial charge in [0.25, 0.3) is 0 Å². The monoisotopic (exact) mass is 832 g/mol. The molecule has 0 saturated carbocycles. The van der Waals surface area contributed by atoms with Crippen LogP contribution in [-0.4, -0.2) is 59.9 Å². The molecular formula is C48H44N6O8. The summed E-state index contributed by atoms with van der Waals surface area (Å²) in [7, 11) is 0. The normalized spacial score (nSPS) is 11.1. The Kier molecular flexibility index (Phi) is 11.6. The summed E-state index contributed by atoms with van der Waals surface area (Å²) in [6.07, 6.45) is -2.18. The molecule has 2 heterocycles. The van der Waals surface area contributed by atoms with Crippen LogP contribution in [0, 0.1) is 0 Å². The number of hydrogen-bond donors (Lipinski definition) is 4. The van der Waals surface area contributed by atoms with Gasteiger partial charge in [-0.3, -0.25) is 21.3 Å². The standard InChI is InChI=1S/C48H44N6O8/c1-5-59-45(55)49-31-13-21-41-37(25-31)38-26-32(50-46(56)60-6-2)14-22-42(38)53(41)35-17-9-29(10-18-35)30-11-19-36(20-12-30)54-43-23-15-33(51-47(57)61-7-3)27-39(43)40-28-34(16-24-44(40)54)52-48(58)62-8-4/h9-28H,5-8H2,1-4H3,(H,49,55)(H,50,56)(H,51,57)(H,52,58). The van der Waals surface area contributed by atoms with Crippen molar-refractivity contribution < 1.29 is 38.1 Å². The molecule has 14 nitrogen and oxygen atoms in total. The lowest BCUT2D eigenvalue weighted by atomic mass is 10.0. The van der Waals surface area contributed by atoms with Crippen LogP contribution in [0.3, 0.4) is 0 Å². The zero-order chi connectivity index (χ0) is 43.3. The minimum Gasteiger partial charge on any atom is -0.450 e. The van der Waals surface area contributed by atoms with Gasteiger partial charge < -0.3 is 28.1 Å². The molecule has 0 unspecified atom stereocenters. The second-order valence-corrected chi connectivity index (χ2v) is 14.1. The molecular weight excluding hydrogens is 789 g/mol. The number of rotatable bonds is 11. The summed E-state index contributed by atoms with van der Waals surface area (Å²) >= 11 is 0. The molecule has 0 atom stereocenters. The predicted octanol–water partition coefficient (Wildman–Crippen LogP) is 11.8. The molecule has 0 aliphatic rings. The van der Waals surface area contributed by atoms with E-state index < -0.39 is 24.4 Å². The minimum atomic E-state index is -0.545. The summed E-state index contributed by atoms with van der Waals surface area (Å²) < 4.78 is 24.7. The van der Waals surface area contributed by atoms with Crippen molar-refractivity contribution in [2.24, 2.45) is 0 Å². The number of hydrogen-bond acceptors (Lipinski definition) is 8. The van der Waals surface area contributed by atoms with E-state index in [1.807, 2.05) is 72.8 Å². The molecule has 0 radical (unpaired) electrons. The van der Waals surface area contributed by atoms with Gasteiger partial charge in [0.05, 0.1) is 48.5 Å². The summed E-state index contributed by atoms with van der Waals surface area (Å²) in [6, 6.07) is 39.3. The lowest BCUT2D eigenvalue weighted by molar-refractivity contribution is 0.167. The highest BCUT2D eigenvalue weighted by Gasteiger charge is 2.18. The van der Waals surface area contributed by atoms with Gasteiger partial charge in [0.15, 0.2) is 0 Å². The number of benzene rings is 6. The van der Waals surface area contributed by atoms with E-state index in [1.54, 1.807) is 27.7 Å². The average molecular weight is 833 g/mol. The minimum absolute atomic E-state index is 0.247. The maximum Gasteiger partial charge on any atom is 0.411 e. The van der Waals surface area contributed by atoms with Crippen LogP contribution >= 0.6 is 0 Å². The van der Waals surface area contributed by atoms with Crippen LogP contribution in [0.25, 0.3) is 66.1 Å². The molecule has 0 saturated heterocycles. The van der Waals surface area contributed by atoms with Gasteiger partial charge in [-0.15, -0.1) is 0 Å². The zero-order valence-corrected chi connectivity index (χ0v) is 34.5. The van der Waals surface area contributed by atoms with Gasteiger partial charge >= 0.3 is 24.4 Å². The third-order valence-corrected chi connectivity index (χ3v) is 10.2. The first-order valence-corrected chi connectivity index (χ1v) is 20.3. The van der Waals surface area contributed by atoms with E-state index in [9.17, 15) is 19.2 Å². The lowest BCUT2D eigenvalue weighted by Gasteiger charge is -2.12. The molecule has 62 heavy (non-hydrogen) atoms. The first kappa shape index (κ1) is 40.8. The predicted molar refractivity (Wildman–Crippen MR) is 243 cm³/mol. The van der Waals surface area contributed by atoms with Gasteiger partial charge in [0.2, 0.25) is 0 Å². The second-order valence-electron chi connectivity index (χ2n) is 14.1. The van der Waals surface area contributed by atoms with Crippen molar-refractivity contribution in [3.63, 3.8) is 0 Å². The molecule has 6 aromatic carbocycles. The van der Waals surface area contributed by atoms with Crippen molar-refractivity contribution in [1.29, 1.82) is 0 Å². The Morgan fingerprint density at radius 2 is 0.613 bits per heavy atom. The van der Waals surface area contributed by atoms with Crippen LogP contribution in [0.5, 0.6) is 0 Å².